The van der Waals surface area contributed by atoms with E-state index in [4.69, 9.17) is 15.3 Å². The van der Waals surface area contributed by atoms with Crippen LogP contribution in [-0.2, 0) is 0 Å². The third kappa shape index (κ3) is 3.13. The number of hydrogen-bond acceptors (Lipinski definition) is 4. The van der Waals surface area contributed by atoms with E-state index < -0.39 is 5.54 Å². The standard InChI is InChI=1S/C6H15NO3.H2O/c1-5(2-8)6(7,3-9)4-10;/h5,8-10H,2-4,7H2,1H3;1H2. The summed E-state index contributed by atoms with van der Waals surface area (Å²) >= 11 is 0. The normalized spacial score (nSPS) is 13.9. The van der Waals surface area contributed by atoms with Crippen LogP contribution in [0.15, 0.2) is 0 Å². The summed E-state index contributed by atoms with van der Waals surface area (Å²) in [6, 6.07) is 0. The Kier molecular flexibility index (Phi) is 6.64. The van der Waals surface area contributed by atoms with Crippen LogP contribution in [0.2, 0.25) is 0 Å². The minimum absolute atomic E-state index is 0. The molecule has 5 heteroatoms. The molecular formula is C6H17NO4. The molecule has 0 aliphatic carbocycles. The highest BCUT2D eigenvalue weighted by atomic mass is 16.3. The van der Waals surface area contributed by atoms with Crippen molar-refractivity contribution in [2.75, 3.05) is 19.8 Å². The summed E-state index contributed by atoms with van der Waals surface area (Å²) in [5, 5.41) is 26.2. The van der Waals surface area contributed by atoms with Crippen LogP contribution in [-0.4, -0.2) is 46.2 Å². The molecule has 0 aliphatic heterocycles. The maximum absolute atomic E-state index is 8.75. The average molecular weight is 167 g/mol. The van der Waals surface area contributed by atoms with E-state index >= 15 is 0 Å². The molecule has 0 rings (SSSR count). The zero-order chi connectivity index (χ0) is 8.20. The Morgan fingerprint density at radius 3 is 1.73 bits per heavy atom. The minimum Gasteiger partial charge on any atom is -0.870 e. The van der Waals surface area contributed by atoms with E-state index in [0.717, 1.165) is 0 Å². The van der Waals surface area contributed by atoms with Gasteiger partial charge in [0.15, 0.2) is 0 Å². The molecule has 0 aliphatic rings. The topological polar surface area (TPSA) is 118 Å². The van der Waals surface area contributed by atoms with Crippen molar-refractivity contribution >= 4 is 0 Å². The van der Waals surface area contributed by atoms with Crippen LogP contribution in [0.4, 0.5) is 0 Å². The van der Waals surface area contributed by atoms with Crippen LogP contribution in [0.3, 0.4) is 0 Å². The Morgan fingerprint density at radius 1 is 1.27 bits per heavy atom. The van der Waals surface area contributed by atoms with Crippen LogP contribution < -0.4 is 5.73 Å². The van der Waals surface area contributed by atoms with Gasteiger partial charge in [0, 0.05) is 5.92 Å². The average Bonchev–Trinajstić information content (AvgIpc) is 2.01. The van der Waals surface area contributed by atoms with Crippen LogP contribution in [0.25, 0.3) is 0 Å². The van der Waals surface area contributed by atoms with Gasteiger partial charge in [0.05, 0.1) is 6.61 Å². The van der Waals surface area contributed by atoms with Gasteiger partial charge in [-0.05, 0) is 0 Å². The van der Waals surface area contributed by atoms with Crippen molar-refractivity contribution in [1.29, 1.82) is 0 Å². The van der Waals surface area contributed by atoms with Gasteiger partial charge in [0.1, 0.15) is 18.8 Å². The van der Waals surface area contributed by atoms with Crippen molar-refractivity contribution in [3.05, 3.63) is 0 Å². The number of aliphatic hydroxyl groups is 3. The molecule has 0 heterocycles. The third-order valence-electron chi connectivity index (χ3n) is 1.95. The highest BCUT2D eigenvalue weighted by Crippen LogP contribution is 2.09. The van der Waals surface area contributed by atoms with E-state index in [0.29, 0.717) is 0 Å². The molecule has 0 saturated heterocycles. The summed E-state index contributed by atoms with van der Waals surface area (Å²) in [5.74, 6) is -0.178. The molecule has 5 nitrogen and oxygen atoms in total. The zero-order valence-electron chi connectivity index (χ0n) is 6.69. The van der Waals surface area contributed by atoms with Gasteiger partial charge in [-0.3, -0.25) is 0 Å². The van der Waals surface area contributed by atoms with Crippen molar-refractivity contribution in [2.45, 2.75) is 12.5 Å². The molecule has 0 aromatic heterocycles. The summed E-state index contributed by atoms with van der Waals surface area (Å²) in [7, 11) is 0. The smallest absolute Gasteiger partial charge is 0.146 e. The van der Waals surface area contributed by atoms with Crippen LogP contribution in [0, 0.1) is 5.92 Å². The lowest BCUT2D eigenvalue weighted by molar-refractivity contribution is -0.504. The maximum Gasteiger partial charge on any atom is 0.146 e. The quantitative estimate of drug-likeness (QED) is 0.367. The second kappa shape index (κ2) is 5.45. The van der Waals surface area contributed by atoms with Crippen LogP contribution >= 0.6 is 0 Å². The first-order chi connectivity index (χ1) is 4.60. The van der Waals surface area contributed by atoms with Gasteiger partial charge in [-0.25, -0.2) is 0 Å². The number of hydrogen-bond donors (Lipinski definition) is 4. The summed E-state index contributed by atoms with van der Waals surface area (Å²) in [4.78, 5) is 0. The Labute approximate surface area is 65.8 Å². The Hall–Kier alpha value is -0.200. The molecule has 0 radical (unpaired) electrons. The molecule has 70 valence electrons. The Bertz CT molecular complexity index is 94.6. The van der Waals surface area contributed by atoms with E-state index in [9.17, 15) is 0 Å². The molecule has 0 bridgehead atoms. The number of rotatable bonds is 4. The second-order valence-corrected chi connectivity index (χ2v) is 2.76. The van der Waals surface area contributed by atoms with E-state index in [1.54, 1.807) is 6.92 Å². The first-order valence-electron chi connectivity index (χ1n) is 3.28. The molecular weight excluding hydrogens is 150 g/mol. The van der Waals surface area contributed by atoms with Crippen LogP contribution in [0.5, 0.6) is 0 Å². The molecule has 7 N–H and O–H groups in total. The van der Waals surface area contributed by atoms with Gasteiger partial charge >= 0.3 is 0 Å². The molecule has 0 spiro atoms. The maximum atomic E-state index is 8.75. The van der Waals surface area contributed by atoms with Crippen LogP contribution in [0.1, 0.15) is 6.92 Å². The minimum atomic E-state index is -0.797. The molecule has 0 saturated carbocycles. The number of aliphatic hydroxyl groups excluding tert-OH is 3. The molecule has 1 atom stereocenters. The summed E-state index contributed by atoms with van der Waals surface area (Å²) < 4.78 is 0. The lowest BCUT2D eigenvalue weighted by Gasteiger charge is -2.26. The highest BCUT2D eigenvalue weighted by Gasteiger charge is 2.34. The fraction of sp³-hybridized carbons (Fsp3) is 1.00. The predicted octanol–water partition coefficient (Wildman–Crippen LogP) is -2.60. The zero-order valence-corrected chi connectivity index (χ0v) is 6.69. The highest BCUT2D eigenvalue weighted by molar-refractivity contribution is 4.80. The molecule has 1 unspecified atom stereocenters. The van der Waals surface area contributed by atoms with Gasteiger partial charge < -0.3 is 26.5 Å². The van der Waals surface area contributed by atoms with Gasteiger partial charge in [0.25, 0.3) is 0 Å². The van der Waals surface area contributed by atoms with Crippen molar-refractivity contribution in [1.82, 2.24) is 0 Å². The molecule has 0 amide bonds. The Morgan fingerprint density at radius 2 is 1.64 bits per heavy atom. The second-order valence-electron chi connectivity index (χ2n) is 2.76. The van der Waals surface area contributed by atoms with Gasteiger partial charge in [0.2, 0.25) is 0 Å². The van der Waals surface area contributed by atoms with E-state index in [1.807, 2.05) is 0 Å². The fourth-order valence-electron chi connectivity index (χ4n) is 0.555. The fourth-order valence-corrected chi connectivity index (χ4v) is 0.555. The van der Waals surface area contributed by atoms with Gasteiger partial charge in [-0.1, -0.05) is 6.92 Å². The van der Waals surface area contributed by atoms with E-state index in [2.05, 4.69) is 5.73 Å². The third-order valence-corrected chi connectivity index (χ3v) is 1.95. The van der Waals surface area contributed by atoms with Gasteiger partial charge in [-0.15, -0.1) is 0 Å². The predicted molar refractivity (Wildman–Crippen MR) is 38.0 cm³/mol. The Balaban J connectivity index is 0. The lowest BCUT2D eigenvalue weighted by Crippen LogP contribution is -2.80. The van der Waals surface area contributed by atoms with E-state index in [-0.39, 0.29) is 31.2 Å². The number of quaternary nitrogens is 1. The van der Waals surface area contributed by atoms with E-state index in [1.165, 1.54) is 0 Å². The van der Waals surface area contributed by atoms with Crippen molar-refractivity contribution in [3.8, 4) is 0 Å². The summed E-state index contributed by atoms with van der Waals surface area (Å²) in [5.41, 5.74) is 2.82. The summed E-state index contributed by atoms with van der Waals surface area (Å²) in [6.07, 6.45) is 0. The molecule has 0 aromatic rings. The van der Waals surface area contributed by atoms with Crippen molar-refractivity contribution in [2.24, 2.45) is 5.92 Å². The monoisotopic (exact) mass is 167 g/mol. The molecule has 11 heavy (non-hydrogen) atoms. The largest absolute Gasteiger partial charge is 0.870 e. The van der Waals surface area contributed by atoms with Crippen molar-refractivity contribution in [3.63, 3.8) is 0 Å². The van der Waals surface area contributed by atoms with Crippen molar-refractivity contribution < 1.29 is 26.5 Å². The summed E-state index contributed by atoms with van der Waals surface area (Å²) in [6.45, 7) is 1.26. The molecule has 0 aromatic carbocycles. The SMILES string of the molecule is CC(CO)C([NH3+])(CO)CO.[OH-]. The van der Waals surface area contributed by atoms with Gasteiger partial charge in [-0.2, -0.15) is 0 Å². The first kappa shape index (κ1) is 13.4. The first-order valence-corrected chi connectivity index (χ1v) is 3.28. The molecule has 0 fully saturated rings. The lowest BCUT2D eigenvalue weighted by atomic mass is 9.88.